The number of amides is 1. The van der Waals surface area contributed by atoms with Crippen LogP contribution in [0.2, 0.25) is 0 Å². The van der Waals surface area contributed by atoms with Crippen molar-refractivity contribution in [3.05, 3.63) is 59.4 Å². The number of pyridine rings is 1. The van der Waals surface area contributed by atoms with Gasteiger partial charge in [0, 0.05) is 37.2 Å². The molecule has 1 amide bonds. The van der Waals surface area contributed by atoms with E-state index in [0.29, 0.717) is 17.8 Å². The van der Waals surface area contributed by atoms with Crippen LogP contribution in [0.1, 0.15) is 21.5 Å². The Bertz CT molecular complexity index is 606. The van der Waals surface area contributed by atoms with Crippen LogP contribution in [0, 0.1) is 6.92 Å². The summed E-state index contributed by atoms with van der Waals surface area (Å²) in [4.78, 5) is 18.1. The van der Waals surface area contributed by atoms with Crippen molar-refractivity contribution in [1.82, 2.24) is 9.88 Å². The molecule has 1 aromatic heterocycles. The lowest BCUT2D eigenvalue weighted by molar-refractivity contribution is 0.0796. The molecule has 1 heterocycles. The van der Waals surface area contributed by atoms with Gasteiger partial charge in [0.2, 0.25) is 0 Å². The number of carbonyl (C=O) groups excluding carboxylic acids is 1. The van der Waals surface area contributed by atoms with E-state index in [-0.39, 0.29) is 30.7 Å². The van der Waals surface area contributed by atoms with Crippen LogP contribution in [-0.4, -0.2) is 29.4 Å². The molecule has 0 atom stereocenters. The summed E-state index contributed by atoms with van der Waals surface area (Å²) < 4.78 is 0. The normalized spacial score (nSPS) is 9.36. The number of hydrogen-bond donors (Lipinski definition) is 1. The molecule has 1 aromatic carbocycles. The lowest BCUT2D eigenvalue weighted by atomic mass is 10.1. The Morgan fingerprint density at radius 1 is 1.18 bits per heavy atom. The second-order valence-corrected chi connectivity index (χ2v) is 4.91. The average Bonchev–Trinajstić information content (AvgIpc) is 2.47. The van der Waals surface area contributed by atoms with E-state index < -0.39 is 0 Å². The molecule has 0 aliphatic carbocycles. The average molecular weight is 342 g/mol. The third kappa shape index (κ3) is 5.20. The fraction of sp³-hybridized carbons (Fsp3) is 0.250. The Morgan fingerprint density at radius 2 is 1.82 bits per heavy atom. The van der Waals surface area contributed by atoms with Crippen molar-refractivity contribution in [2.45, 2.75) is 13.3 Å². The van der Waals surface area contributed by atoms with Crippen LogP contribution in [0.3, 0.4) is 0 Å². The Balaban J connectivity index is 0.00000220. The number of aromatic nitrogens is 1. The smallest absolute Gasteiger partial charge is 0.253 e. The fourth-order valence-electron chi connectivity index (χ4n) is 2.02. The quantitative estimate of drug-likeness (QED) is 0.869. The predicted octanol–water partition coefficient (Wildman–Crippen LogP) is 3.13. The number of anilines is 1. The summed E-state index contributed by atoms with van der Waals surface area (Å²) in [5, 5.41) is 0. The maximum Gasteiger partial charge on any atom is 0.253 e. The van der Waals surface area contributed by atoms with Crippen LogP contribution < -0.4 is 5.73 Å². The van der Waals surface area contributed by atoms with Crippen molar-refractivity contribution < 1.29 is 4.79 Å². The van der Waals surface area contributed by atoms with Crippen LogP contribution in [0.5, 0.6) is 0 Å². The Kier molecular flexibility index (Phi) is 8.53. The Hall–Kier alpha value is -1.78. The molecule has 0 bridgehead atoms. The van der Waals surface area contributed by atoms with Crippen molar-refractivity contribution in [3.8, 4) is 0 Å². The first-order valence-corrected chi connectivity index (χ1v) is 6.58. The van der Waals surface area contributed by atoms with Gasteiger partial charge in [-0.25, -0.2) is 0 Å². The standard InChI is InChI=1S/C16H19N3O.2ClH/c1-12-3-4-14(17)11-15(12)16(20)19(2)10-7-13-5-8-18-9-6-13;;/h3-6,8-9,11H,7,10,17H2,1-2H3;2*1H. The monoisotopic (exact) mass is 341 g/mol. The van der Waals surface area contributed by atoms with E-state index in [1.165, 1.54) is 5.56 Å². The second kappa shape index (κ2) is 9.28. The number of halogens is 2. The van der Waals surface area contributed by atoms with Crippen LogP contribution in [0.15, 0.2) is 42.7 Å². The summed E-state index contributed by atoms with van der Waals surface area (Å²) in [6.07, 6.45) is 4.34. The Morgan fingerprint density at radius 3 is 2.45 bits per heavy atom. The van der Waals surface area contributed by atoms with E-state index in [1.807, 2.05) is 38.2 Å². The van der Waals surface area contributed by atoms with Crippen LogP contribution >= 0.6 is 24.8 Å². The van der Waals surface area contributed by atoms with Gasteiger partial charge in [0.1, 0.15) is 0 Å². The number of hydrogen-bond acceptors (Lipinski definition) is 3. The van der Waals surface area contributed by atoms with Gasteiger partial charge in [0.15, 0.2) is 0 Å². The molecule has 0 aliphatic rings. The van der Waals surface area contributed by atoms with E-state index in [2.05, 4.69) is 4.98 Å². The number of benzene rings is 1. The minimum Gasteiger partial charge on any atom is -0.399 e. The molecule has 0 saturated heterocycles. The third-order valence-electron chi connectivity index (χ3n) is 3.32. The topological polar surface area (TPSA) is 59.2 Å². The van der Waals surface area contributed by atoms with E-state index in [4.69, 9.17) is 5.73 Å². The molecule has 0 unspecified atom stereocenters. The Labute approximate surface area is 143 Å². The molecule has 22 heavy (non-hydrogen) atoms. The molecular formula is C16H21Cl2N3O. The molecule has 4 nitrogen and oxygen atoms in total. The first kappa shape index (κ1) is 20.2. The number of aryl methyl sites for hydroxylation is 1. The van der Waals surface area contributed by atoms with Crippen molar-refractivity contribution in [2.24, 2.45) is 0 Å². The molecule has 0 aliphatic heterocycles. The molecule has 2 rings (SSSR count). The van der Waals surface area contributed by atoms with Gasteiger partial charge in [-0.2, -0.15) is 0 Å². The van der Waals surface area contributed by atoms with E-state index >= 15 is 0 Å². The highest BCUT2D eigenvalue weighted by molar-refractivity contribution is 5.96. The highest BCUT2D eigenvalue weighted by Crippen LogP contribution is 2.14. The van der Waals surface area contributed by atoms with Crippen LogP contribution in [0.25, 0.3) is 0 Å². The number of nitrogen functional groups attached to an aromatic ring is 1. The molecule has 6 heteroatoms. The molecule has 0 radical (unpaired) electrons. The third-order valence-corrected chi connectivity index (χ3v) is 3.32. The molecule has 0 fully saturated rings. The highest BCUT2D eigenvalue weighted by atomic mass is 35.5. The molecule has 2 aromatic rings. The van der Waals surface area contributed by atoms with Gasteiger partial charge in [-0.1, -0.05) is 6.07 Å². The molecule has 2 N–H and O–H groups in total. The molecular weight excluding hydrogens is 321 g/mol. The summed E-state index contributed by atoms with van der Waals surface area (Å²) in [5.41, 5.74) is 9.15. The number of nitrogens with two attached hydrogens (primary N) is 1. The van der Waals surface area contributed by atoms with E-state index in [0.717, 1.165) is 12.0 Å². The second-order valence-electron chi connectivity index (χ2n) is 4.91. The predicted molar refractivity (Wildman–Crippen MR) is 95.0 cm³/mol. The zero-order chi connectivity index (χ0) is 14.5. The maximum absolute atomic E-state index is 12.4. The fourth-order valence-corrected chi connectivity index (χ4v) is 2.02. The lowest BCUT2D eigenvalue weighted by Gasteiger charge is -2.18. The number of carbonyl (C=O) groups is 1. The van der Waals surface area contributed by atoms with Gasteiger partial charge >= 0.3 is 0 Å². The SMILES string of the molecule is Cc1ccc(N)cc1C(=O)N(C)CCc1ccncc1.Cl.Cl. The van der Waals surface area contributed by atoms with E-state index in [9.17, 15) is 4.79 Å². The molecule has 0 spiro atoms. The summed E-state index contributed by atoms with van der Waals surface area (Å²) >= 11 is 0. The van der Waals surface area contributed by atoms with Gasteiger partial charge in [-0.15, -0.1) is 24.8 Å². The zero-order valence-electron chi connectivity index (χ0n) is 12.7. The van der Waals surface area contributed by atoms with Crippen molar-refractivity contribution in [1.29, 1.82) is 0 Å². The largest absolute Gasteiger partial charge is 0.399 e. The highest BCUT2D eigenvalue weighted by Gasteiger charge is 2.14. The van der Waals surface area contributed by atoms with Gasteiger partial charge in [-0.05, 0) is 48.7 Å². The summed E-state index contributed by atoms with van der Waals surface area (Å²) in [7, 11) is 1.81. The van der Waals surface area contributed by atoms with Gasteiger partial charge in [0.25, 0.3) is 5.91 Å². The van der Waals surface area contributed by atoms with Gasteiger partial charge in [-0.3, -0.25) is 9.78 Å². The number of likely N-dealkylation sites (N-methyl/N-ethyl adjacent to an activating group) is 1. The zero-order valence-corrected chi connectivity index (χ0v) is 14.3. The van der Waals surface area contributed by atoms with Gasteiger partial charge in [0.05, 0.1) is 0 Å². The first-order valence-electron chi connectivity index (χ1n) is 6.58. The number of nitrogens with zero attached hydrogens (tertiary/aromatic N) is 2. The van der Waals surface area contributed by atoms with Crippen LogP contribution in [-0.2, 0) is 6.42 Å². The van der Waals surface area contributed by atoms with Crippen molar-refractivity contribution in [3.63, 3.8) is 0 Å². The van der Waals surface area contributed by atoms with Crippen molar-refractivity contribution >= 4 is 36.4 Å². The lowest BCUT2D eigenvalue weighted by Crippen LogP contribution is -2.29. The maximum atomic E-state index is 12.4. The number of rotatable bonds is 4. The summed E-state index contributed by atoms with van der Waals surface area (Å²) in [5.74, 6) is 0.00357. The van der Waals surface area contributed by atoms with Crippen molar-refractivity contribution in [2.75, 3.05) is 19.3 Å². The molecule has 0 saturated carbocycles. The van der Waals surface area contributed by atoms with Gasteiger partial charge < -0.3 is 10.6 Å². The first-order chi connectivity index (χ1) is 9.58. The summed E-state index contributed by atoms with van der Waals surface area (Å²) in [6, 6.07) is 9.34. The summed E-state index contributed by atoms with van der Waals surface area (Å²) in [6.45, 7) is 2.58. The molecule has 120 valence electrons. The van der Waals surface area contributed by atoms with Crippen LogP contribution in [0.4, 0.5) is 5.69 Å². The minimum atomic E-state index is 0. The van der Waals surface area contributed by atoms with E-state index in [1.54, 1.807) is 23.4 Å². The minimum absolute atomic E-state index is 0.